The quantitative estimate of drug-likeness (QED) is 0.811. The van der Waals surface area contributed by atoms with Gasteiger partial charge in [-0.3, -0.25) is 0 Å². The third kappa shape index (κ3) is 4.71. The van der Waals surface area contributed by atoms with Crippen LogP contribution in [0, 0.1) is 0 Å². The molecular weight excluding hydrogens is 293 g/mol. The van der Waals surface area contributed by atoms with Crippen molar-refractivity contribution in [2.75, 3.05) is 0 Å². The molecule has 0 atom stereocenters. The molecule has 0 aliphatic rings. The number of rotatable bonds is 5. The first-order valence-corrected chi connectivity index (χ1v) is 7.25. The highest BCUT2D eigenvalue weighted by molar-refractivity contribution is 6.34. The Balaban J connectivity index is 2.03. The van der Waals surface area contributed by atoms with Crippen molar-refractivity contribution in [1.82, 2.24) is 5.32 Å². The van der Waals surface area contributed by atoms with Crippen molar-refractivity contribution in [3.05, 3.63) is 58.1 Å². The van der Waals surface area contributed by atoms with Crippen LogP contribution >= 0.6 is 23.2 Å². The van der Waals surface area contributed by atoms with Crippen LogP contribution in [0.1, 0.15) is 19.4 Å². The molecule has 106 valence electrons. The van der Waals surface area contributed by atoms with Gasteiger partial charge in [-0.05, 0) is 35.9 Å². The summed E-state index contributed by atoms with van der Waals surface area (Å²) >= 11 is 11.9. The third-order valence-corrected chi connectivity index (χ3v) is 3.15. The summed E-state index contributed by atoms with van der Waals surface area (Å²) in [6, 6.07) is 13.6. The van der Waals surface area contributed by atoms with E-state index in [0.29, 0.717) is 21.8 Å². The van der Waals surface area contributed by atoms with E-state index in [2.05, 4.69) is 19.2 Å². The molecule has 0 amide bonds. The van der Waals surface area contributed by atoms with Crippen LogP contribution in [0.5, 0.6) is 11.5 Å². The van der Waals surface area contributed by atoms with Crippen molar-refractivity contribution in [2.45, 2.75) is 26.4 Å². The van der Waals surface area contributed by atoms with Crippen LogP contribution in [-0.2, 0) is 6.54 Å². The van der Waals surface area contributed by atoms with Gasteiger partial charge in [0.15, 0.2) is 0 Å². The highest BCUT2D eigenvalue weighted by Crippen LogP contribution is 2.28. The van der Waals surface area contributed by atoms with Gasteiger partial charge >= 0.3 is 0 Å². The van der Waals surface area contributed by atoms with Crippen LogP contribution in [0.4, 0.5) is 0 Å². The van der Waals surface area contributed by atoms with Gasteiger partial charge in [-0.1, -0.05) is 49.2 Å². The fourth-order valence-corrected chi connectivity index (χ4v) is 2.23. The van der Waals surface area contributed by atoms with E-state index in [1.54, 1.807) is 18.2 Å². The Labute approximate surface area is 129 Å². The monoisotopic (exact) mass is 309 g/mol. The van der Waals surface area contributed by atoms with Crippen LogP contribution < -0.4 is 10.1 Å². The Kier molecular flexibility index (Phi) is 5.30. The normalized spacial score (nSPS) is 10.8. The minimum absolute atomic E-state index is 0.472. The zero-order chi connectivity index (χ0) is 14.5. The molecule has 0 bridgehead atoms. The highest BCUT2D eigenvalue weighted by Gasteiger charge is 2.02. The molecule has 20 heavy (non-hydrogen) atoms. The van der Waals surface area contributed by atoms with Gasteiger partial charge in [-0.15, -0.1) is 0 Å². The molecule has 0 heterocycles. The summed E-state index contributed by atoms with van der Waals surface area (Å²) in [7, 11) is 0. The first-order chi connectivity index (χ1) is 9.52. The number of hydrogen-bond acceptors (Lipinski definition) is 2. The van der Waals surface area contributed by atoms with Gasteiger partial charge in [0.1, 0.15) is 11.5 Å². The van der Waals surface area contributed by atoms with Gasteiger partial charge in [0.05, 0.1) is 0 Å². The van der Waals surface area contributed by atoms with Gasteiger partial charge < -0.3 is 10.1 Å². The first kappa shape index (κ1) is 15.2. The Hall–Kier alpha value is -1.22. The molecule has 0 spiro atoms. The molecule has 0 aliphatic carbocycles. The molecule has 1 N–H and O–H groups in total. The average Bonchev–Trinajstić information content (AvgIpc) is 2.36. The second-order valence-corrected chi connectivity index (χ2v) is 5.76. The first-order valence-electron chi connectivity index (χ1n) is 6.49. The zero-order valence-electron chi connectivity index (χ0n) is 11.5. The molecule has 0 saturated carbocycles. The lowest BCUT2D eigenvalue weighted by Crippen LogP contribution is -2.21. The van der Waals surface area contributed by atoms with Crippen molar-refractivity contribution in [2.24, 2.45) is 0 Å². The SMILES string of the molecule is CC(C)NCc1ccc(Oc2cc(Cl)cc(Cl)c2)cc1. The van der Waals surface area contributed by atoms with Crippen molar-refractivity contribution >= 4 is 23.2 Å². The molecule has 0 aliphatic heterocycles. The fraction of sp³-hybridized carbons (Fsp3) is 0.250. The second kappa shape index (κ2) is 6.98. The van der Waals surface area contributed by atoms with Crippen LogP contribution in [0.3, 0.4) is 0 Å². The van der Waals surface area contributed by atoms with E-state index >= 15 is 0 Å². The topological polar surface area (TPSA) is 21.3 Å². The van der Waals surface area contributed by atoms with Crippen molar-refractivity contribution in [3.8, 4) is 11.5 Å². The Bertz CT molecular complexity index is 547. The summed E-state index contributed by atoms with van der Waals surface area (Å²) in [5.74, 6) is 1.40. The zero-order valence-corrected chi connectivity index (χ0v) is 13.0. The molecule has 0 fully saturated rings. The molecule has 0 aromatic heterocycles. The predicted octanol–water partition coefficient (Wildman–Crippen LogP) is 5.28. The van der Waals surface area contributed by atoms with E-state index in [1.807, 2.05) is 24.3 Å². The number of ether oxygens (including phenoxy) is 1. The Morgan fingerprint density at radius 3 is 2.10 bits per heavy atom. The van der Waals surface area contributed by atoms with E-state index in [-0.39, 0.29) is 0 Å². The van der Waals surface area contributed by atoms with Crippen LogP contribution in [0.15, 0.2) is 42.5 Å². The van der Waals surface area contributed by atoms with Crippen molar-refractivity contribution in [3.63, 3.8) is 0 Å². The summed E-state index contributed by atoms with van der Waals surface area (Å²) < 4.78 is 5.73. The lowest BCUT2D eigenvalue weighted by atomic mass is 10.2. The molecule has 2 rings (SSSR count). The molecule has 0 unspecified atom stereocenters. The highest BCUT2D eigenvalue weighted by atomic mass is 35.5. The number of benzene rings is 2. The Morgan fingerprint density at radius 2 is 1.55 bits per heavy atom. The van der Waals surface area contributed by atoms with Gasteiger partial charge in [0, 0.05) is 22.6 Å². The van der Waals surface area contributed by atoms with Gasteiger partial charge in [0.2, 0.25) is 0 Å². The van der Waals surface area contributed by atoms with E-state index in [9.17, 15) is 0 Å². The predicted molar refractivity (Wildman–Crippen MR) is 85.0 cm³/mol. The van der Waals surface area contributed by atoms with E-state index < -0.39 is 0 Å². The molecule has 0 saturated heterocycles. The summed E-state index contributed by atoms with van der Waals surface area (Å²) in [6.45, 7) is 5.10. The number of hydrogen-bond donors (Lipinski definition) is 1. The minimum atomic E-state index is 0.472. The number of halogens is 2. The maximum Gasteiger partial charge on any atom is 0.130 e. The molecule has 2 aromatic rings. The molecule has 4 heteroatoms. The molecular formula is C16H17Cl2NO. The van der Waals surface area contributed by atoms with E-state index in [0.717, 1.165) is 12.3 Å². The van der Waals surface area contributed by atoms with Crippen LogP contribution in [-0.4, -0.2) is 6.04 Å². The lowest BCUT2D eigenvalue weighted by molar-refractivity contribution is 0.482. The van der Waals surface area contributed by atoms with Crippen molar-refractivity contribution < 1.29 is 4.74 Å². The molecule has 2 nitrogen and oxygen atoms in total. The van der Waals surface area contributed by atoms with Crippen LogP contribution in [0.2, 0.25) is 10.0 Å². The standard InChI is InChI=1S/C16H17Cl2NO/c1-11(2)19-10-12-3-5-15(6-4-12)20-16-8-13(17)7-14(18)9-16/h3-9,11,19H,10H2,1-2H3. The van der Waals surface area contributed by atoms with Gasteiger partial charge in [0.25, 0.3) is 0 Å². The fourth-order valence-electron chi connectivity index (χ4n) is 1.72. The van der Waals surface area contributed by atoms with Gasteiger partial charge in [-0.2, -0.15) is 0 Å². The molecule has 2 aromatic carbocycles. The Morgan fingerprint density at radius 1 is 0.950 bits per heavy atom. The van der Waals surface area contributed by atoms with Gasteiger partial charge in [-0.25, -0.2) is 0 Å². The maximum absolute atomic E-state index is 5.94. The lowest BCUT2D eigenvalue weighted by Gasteiger charge is -2.10. The largest absolute Gasteiger partial charge is 0.457 e. The van der Waals surface area contributed by atoms with E-state index in [4.69, 9.17) is 27.9 Å². The van der Waals surface area contributed by atoms with Crippen LogP contribution in [0.25, 0.3) is 0 Å². The number of nitrogens with one attached hydrogen (secondary N) is 1. The third-order valence-electron chi connectivity index (χ3n) is 2.71. The van der Waals surface area contributed by atoms with E-state index in [1.165, 1.54) is 5.56 Å². The molecule has 0 radical (unpaired) electrons. The summed E-state index contributed by atoms with van der Waals surface area (Å²) in [6.07, 6.45) is 0. The average molecular weight is 310 g/mol. The smallest absolute Gasteiger partial charge is 0.130 e. The summed E-state index contributed by atoms with van der Waals surface area (Å²) in [5, 5.41) is 4.49. The summed E-state index contributed by atoms with van der Waals surface area (Å²) in [5.41, 5.74) is 1.22. The minimum Gasteiger partial charge on any atom is -0.457 e. The maximum atomic E-state index is 5.94. The second-order valence-electron chi connectivity index (χ2n) is 4.89. The van der Waals surface area contributed by atoms with Crippen molar-refractivity contribution in [1.29, 1.82) is 0 Å². The summed E-state index contributed by atoms with van der Waals surface area (Å²) in [4.78, 5) is 0.